The molecule has 1 saturated heterocycles. The van der Waals surface area contributed by atoms with Crippen molar-refractivity contribution in [2.24, 2.45) is 11.3 Å². The van der Waals surface area contributed by atoms with Crippen LogP contribution in [-0.4, -0.2) is 35.1 Å². The maximum atomic E-state index is 11.1. The predicted octanol–water partition coefficient (Wildman–Crippen LogP) is 2.90. The zero-order valence-electron chi connectivity index (χ0n) is 11.2. The van der Waals surface area contributed by atoms with Gasteiger partial charge in [-0.3, -0.25) is 9.69 Å². The third-order valence-electron chi connectivity index (χ3n) is 5.50. The van der Waals surface area contributed by atoms with Crippen molar-refractivity contribution in [1.82, 2.24) is 4.90 Å². The van der Waals surface area contributed by atoms with Gasteiger partial charge in [-0.2, -0.15) is 0 Å². The molecule has 18 heavy (non-hydrogen) atoms. The van der Waals surface area contributed by atoms with Crippen molar-refractivity contribution >= 4 is 5.97 Å². The summed E-state index contributed by atoms with van der Waals surface area (Å²) in [6.07, 6.45) is 11.2. The van der Waals surface area contributed by atoms with Crippen molar-refractivity contribution in [3.05, 3.63) is 0 Å². The highest BCUT2D eigenvalue weighted by Crippen LogP contribution is 2.46. The molecule has 3 nitrogen and oxygen atoms in total. The van der Waals surface area contributed by atoms with Gasteiger partial charge in [0.25, 0.3) is 0 Å². The highest BCUT2D eigenvalue weighted by Gasteiger charge is 2.46. The van der Waals surface area contributed by atoms with Gasteiger partial charge < -0.3 is 5.11 Å². The number of hydrogen-bond acceptors (Lipinski definition) is 2. The fourth-order valence-electron chi connectivity index (χ4n) is 4.41. The predicted molar refractivity (Wildman–Crippen MR) is 70.5 cm³/mol. The topological polar surface area (TPSA) is 40.5 Å². The van der Waals surface area contributed by atoms with Crippen LogP contribution >= 0.6 is 0 Å². The maximum Gasteiger partial charge on any atom is 0.306 e. The monoisotopic (exact) mass is 251 g/mol. The first-order valence-corrected chi connectivity index (χ1v) is 7.65. The number of likely N-dealkylation sites (tertiary alicyclic amines) is 1. The van der Waals surface area contributed by atoms with Crippen LogP contribution in [0.25, 0.3) is 0 Å². The normalized spacial score (nSPS) is 36.2. The van der Waals surface area contributed by atoms with Crippen LogP contribution in [0.15, 0.2) is 0 Å². The van der Waals surface area contributed by atoms with Crippen molar-refractivity contribution in [2.75, 3.05) is 13.1 Å². The molecular formula is C15H25NO2. The zero-order valence-corrected chi connectivity index (χ0v) is 11.2. The van der Waals surface area contributed by atoms with Gasteiger partial charge in [-0.05, 0) is 37.5 Å². The molecule has 3 rings (SSSR count). The van der Waals surface area contributed by atoms with Crippen molar-refractivity contribution < 1.29 is 9.90 Å². The Morgan fingerprint density at radius 1 is 1.06 bits per heavy atom. The van der Waals surface area contributed by atoms with E-state index in [4.69, 9.17) is 5.11 Å². The minimum absolute atomic E-state index is 0.0772. The lowest BCUT2D eigenvalue weighted by molar-refractivity contribution is -0.145. The summed E-state index contributed by atoms with van der Waals surface area (Å²) in [5, 5.41) is 9.15. The lowest BCUT2D eigenvalue weighted by Gasteiger charge is -2.56. The summed E-state index contributed by atoms with van der Waals surface area (Å²) in [5.74, 6) is -0.653. The van der Waals surface area contributed by atoms with E-state index < -0.39 is 5.97 Å². The van der Waals surface area contributed by atoms with Crippen molar-refractivity contribution in [1.29, 1.82) is 0 Å². The Kier molecular flexibility index (Phi) is 3.35. The van der Waals surface area contributed by atoms with Gasteiger partial charge in [0.15, 0.2) is 0 Å². The Bertz CT molecular complexity index is 314. The molecule has 0 aromatic heterocycles. The van der Waals surface area contributed by atoms with E-state index in [1.807, 2.05) is 0 Å². The van der Waals surface area contributed by atoms with E-state index in [1.54, 1.807) is 0 Å². The summed E-state index contributed by atoms with van der Waals surface area (Å²) in [4.78, 5) is 13.7. The quantitative estimate of drug-likeness (QED) is 0.820. The Balaban J connectivity index is 1.53. The van der Waals surface area contributed by atoms with Crippen LogP contribution in [0.5, 0.6) is 0 Å². The SMILES string of the molecule is O=C(O)C1CCCC(N2CC3(CCCCC3)C2)C1. The van der Waals surface area contributed by atoms with Crippen LogP contribution in [-0.2, 0) is 4.79 Å². The second-order valence-corrected chi connectivity index (χ2v) is 6.82. The number of aliphatic carboxylic acids is 1. The Hall–Kier alpha value is -0.570. The third-order valence-corrected chi connectivity index (χ3v) is 5.50. The van der Waals surface area contributed by atoms with Gasteiger partial charge in [0.05, 0.1) is 5.92 Å². The van der Waals surface area contributed by atoms with Gasteiger partial charge in [0.1, 0.15) is 0 Å². The number of nitrogens with zero attached hydrogens (tertiary/aromatic N) is 1. The Morgan fingerprint density at radius 2 is 1.78 bits per heavy atom. The second-order valence-electron chi connectivity index (χ2n) is 6.82. The molecule has 1 heterocycles. The van der Waals surface area contributed by atoms with E-state index in [0.29, 0.717) is 11.5 Å². The molecule has 2 aliphatic carbocycles. The maximum absolute atomic E-state index is 11.1. The van der Waals surface area contributed by atoms with Gasteiger partial charge in [-0.15, -0.1) is 0 Å². The van der Waals surface area contributed by atoms with Crippen LogP contribution < -0.4 is 0 Å². The van der Waals surface area contributed by atoms with Crippen LogP contribution in [0.1, 0.15) is 57.8 Å². The summed E-state index contributed by atoms with van der Waals surface area (Å²) in [7, 11) is 0. The molecule has 2 unspecified atom stereocenters. The van der Waals surface area contributed by atoms with Crippen molar-refractivity contribution in [2.45, 2.75) is 63.8 Å². The van der Waals surface area contributed by atoms with Crippen LogP contribution in [0.4, 0.5) is 0 Å². The highest BCUT2D eigenvalue weighted by molar-refractivity contribution is 5.70. The highest BCUT2D eigenvalue weighted by atomic mass is 16.4. The number of carboxylic acid groups (broad SMARTS) is 1. The molecule has 1 aliphatic heterocycles. The van der Waals surface area contributed by atoms with Gasteiger partial charge in [0.2, 0.25) is 0 Å². The second kappa shape index (κ2) is 4.84. The number of carbonyl (C=O) groups is 1. The van der Waals surface area contributed by atoms with Crippen LogP contribution in [0.2, 0.25) is 0 Å². The molecule has 3 fully saturated rings. The van der Waals surface area contributed by atoms with Crippen molar-refractivity contribution in [3.8, 4) is 0 Å². The molecule has 1 spiro atoms. The van der Waals surface area contributed by atoms with E-state index in [-0.39, 0.29) is 5.92 Å². The third kappa shape index (κ3) is 2.29. The molecule has 0 amide bonds. The van der Waals surface area contributed by atoms with E-state index in [1.165, 1.54) is 51.6 Å². The van der Waals surface area contributed by atoms with E-state index in [9.17, 15) is 4.79 Å². The minimum atomic E-state index is -0.576. The molecule has 0 bridgehead atoms. The number of hydrogen-bond donors (Lipinski definition) is 1. The average Bonchev–Trinajstić information content (AvgIpc) is 2.37. The summed E-state index contributed by atoms with van der Waals surface area (Å²) >= 11 is 0. The van der Waals surface area contributed by atoms with Crippen LogP contribution in [0, 0.1) is 11.3 Å². The molecule has 0 radical (unpaired) electrons. The van der Waals surface area contributed by atoms with Gasteiger partial charge >= 0.3 is 5.97 Å². The van der Waals surface area contributed by atoms with Gasteiger partial charge in [0, 0.05) is 19.1 Å². The molecular weight excluding hydrogens is 226 g/mol. The molecule has 1 N–H and O–H groups in total. The first-order chi connectivity index (χ1) is 8.69. The van der Waals surface area contributed by atoms with E-state index in [0.717, 1.165) is 19.3 Å². The summed E-state index contributed by atoms with van der Waals surface area (Å²) in [6, 6.07) is 0.562. The lowest BCUT2D eigenvalue weighted by Crippen LogP contribution is -2.61. The van der Waals surface area contributed by atoms with E-state index in [2.05, 4.69) is 4.90 Å². The van der Waals surface area contributed by atoms with E-state index >= 15 is 0 Å². The summed E-state index contributed by atoms with van der Waals surface area (Å²) < 4.78 is 0. The number of carboxylic acids is 1. The Morgan fingerprint density at radius 3 is 2.44 bits per heavy atom. The molecule has 0 aromatic rings. The summed E-state index contributed by atoms with van der Waals surface area (Å²) in [5.41, 5.74) is 0.633. The molecule has 2 saturated carbocycles. The van der Waals surface area contributed by atoms with Gasteiger partial charge in [-0.1, -0.05) is 25.7 Å². The minimum Gasteiger partial charge on any atom is -0.481 e. The Labute approximate surface area is 110 Å². The molecule has 102 valence electrons. The average molecular weight is 251 g/mol. The first-order valence-electron chi connectivity index (χ1n) is 7.65. The zero-order chi connectivity index (χ0) is 12.6. The van der Waals surface area contributed by atoms with Crippen molar-refractivity contribution in [3.63, 3.8) is 0 Å². The molecule has 2 atom stereocenters. The van der Waals surface area contributed by atoms with Crippen LogP contribution in [0.3, 0.4) is 0 Å². The fourth-order valence-corrected chi connectivity index (χ4v) is 4.41. The number of rotatable bonds is 2. The smallest absolute Gasteiger partial charge is 0.306 e. The molecule has 3 aliphatic rings. The standard InChI is InChI=1S/C15H25NO2/c17-14(18)12-5-4-6-13(9-12)16-10-15(11-16)7-2-1-3-8-15/h12-13H,1-11H2,(H,17,18). The first kappa shape index (κ1) is 12.5. The van der Waals surface area contributed by atoms with Gasteiger partial charge in [-0.25, -0.2) is 0 Å². The fraction of sp³-hybridized carbons (Fsp3) is 0.933. The lowest BCUT2D eigenvalue weighted by atomic mass is 9.67. The summed E-state index contributed by atoms with van der Waals surface area (Å²) in [6.45, 7) is 2.51. The molecule has 3 heteroatoms. The largest absolute Gasteiger partial charge is 0.481 e. The molecule has 0 aromatic carbocycles.